The molecule has 0 spiro atoms. The number of ether oxygens (including phenoxy) is 1. The maximum Gasteiger partial charge on any atom is 0.375 e. The van der Waals surface area contributed by atoms with Crippen molar-refractivity contribution in [3.05, 3.63) is 0 Å². The second-order valence-electron chi connectivity index (χ2n) is 4.55. The summed E-state index contributed by atoms with van der Waals surface area (Å²) < 4.78 is 4.64. The molecule has 3 unspecified atom stereocenters. The fourth-order valence-electron chi connectivity index (χ4n) is 2.38. The van der Waals surface area contributed by atoms with Gasteiger partial charge in [-0.2, -0.15) is 0 Å². The van der Waals surface area contributed by atoms with Crippen molar-refractivity contribution in [2.24, 2.45) is 17.8 Å². The van der Waals surface area contributed by atoms with E-state index < -0.39 is 17.7 Å². The number of esters is 1. The maximum absolute atomic E-state index is 11.7. The van der Waals surface area contributed by atoms with Crippen LogP contribution in [0.15, 0.2) is 0 Å². The summed E-state index contributed by atoms with van der Waals surface area (Å²) in [6, 6.07) is 0. The molecule has 4 nitrogen and oxygen atoms in total. The Labute approximate surface area is 95.3 Å². The summed E-state index contributed by atoms with van der Waals surface area (Å²) in [5.74, 6) is -2.21. The fourth-order valence-corrected chi connectivity index (χ4v) is 2.38. The average Bonchev–Trinajstić information content (AvgIpc) is 2.16. The fraction of sp³-hybridized carbons (Fsp3) is 0.750. The predicted octanol–water partition coefficient (Wildman–Crippen LogP) is 1.37. The van der Waals surface area contributed by atoms with E-state index in [2.05, 4.69) is 4.74 Å². The molecule has 16 heavy (non-hydrogen) atoms. The van der Waals surface area contributed by atoms with Gasteiger partial charge in [0.1, 0.15) is 5.78 Å². The Balaban J connectivity index is 2.74. The van der Waals surface area contributed by atoms with Gasteiger partial charge in [-0.05, 0) is 25.2 Å². The Morgan fingerprint density at radius 2 is 2.00 bits per heavy atom. The number of carbonyl (C=O) groups excluding carboxylic acids is 3. The van der Waals surface area contributed by atoms with Crippen LogP contribution in [0.2, 0.25) is 0 Å². The number of Topliss-reactive ketones (excluding diaryl/α,β-unsaturated/α-hetero) is 2. The second-order valence-corrected chi connectivity index (χ2v) is 4.55. The van der Waals surface area contributed by atoms with Gasteiger partial charge in [0.05, 0.1) is 12.5 Å². The molecule has 0 N–H and O–H groups in total. The highest BCUT2D eigenvalue weighted by Gasteiger charge is 2.40. The van der Waals surface area contributed by atoms with Crippen LogP contribution in [0.25, 0.3) is 0 Å². The highest BCUT2D eigenvalue weighted by molar-refractivity contribution is 6.38. The van der Waals surface area contributed by atoms with Crippen molar-refractivity contribution < 1.29 is 19.1 Å². The minimum Gasteiger partial charge on any atom is -0.460 e. The van der Waals surface area contributed by atoms with Gasteiger partial charge in [0.2, 0.25) is 0 Å². The number of rotatable bonds is 3. The van der Waals surface area contributed by atoms with Crippen molar-refractivity contribution in [3.8, 4) is 0 Å². The first kappa shape index (κ1) is 12.9. The molecular weight excluding hydrogens is 208 g/mol. The average molecular weight is 226 g/mol. The Kier molecular flexibility index (Phi) is 4.21. The third-order valence-electron chi connectivity index (χ3n) is 3.00. The van der Waals surface area contributed by atoms with Crippen molar-refractivity contribution in [3.63, 3.8) is 0 Å². The zero-order valence-corrected chi connectivity index (χ0v) is 9.99. The van der Waals surface area contributed by atoms with E-state index in [1.807, 2.05) is 13.8 Å². The SMILES string of the molecule is CCOC(=O)C(=O)C1C(=O)CC(C)CC1C. The summed E-state index contributed by atoms with van der Waals surface area (Å²) >= 11 is 0. The standard InChI is InChI=1S/C12H18O4/c1-4-16-12(15)11(14)10-8(3)5-7(2)6-9(10)13/h7-8,10H,4-6H2,1-3H3. The second kappa shape index (κ2) is 5.23. The lowest BCUT2D eigenvalue weighted by Gasteiger charge is -2.29. The van der Waals surface area contributed by atoms with Crippen LogP contribution in [0, 0.1) is 17.8 Å². The molecule has 0 aromatic carbocycles. The van der Waals surface area contributed by atoms with Crippen LogP contribution in [0.1, 0.15) is 33.6 Å². The van der Waals surface area contributed by atoms with E-state index in [0.29, 0.717) is 12.3 Å². The number of hydrogen-bond donors (Lipinski definition) is 0. The van der Waals surface area contributed by atoms with Gasteiger partial charge in [-0.3, -0.25) is 9.59 Å². The Morgan fingerprint density at radius 3 is 2.50 bits per heavy atom. The third kappa shape index (κ3) is 2.68. The molecule has 0 radical (unpaired) electrons. The molecule has 1 saturated carbocycles. The van der Waals surface area contributed by atoms with Gasteiger partial charge in [0, 0.05) is 6.42 Å². The first-order valence-corrected chi connectivity index (χ1v) is 5.71. The zero-order chi connectivity index (χ0) is 12.3. The van der Waals surface area contributed by atoms with E-state index in [1.165, 1.54) is 0 Å². The summed E-state index contributed by atoms with van der Waals surface area (Å²) in [5, 5.41) is 0. The van der Waals surface area contributed by atoms with Crippen molar-refractivity contribution in [2.45, 2.75) is 33.6 Å². The molecule has 1 fully saturated rings. The summed E-state index contributed by atoms with van der Waals surface area (Å²) in [6.07, 6.45) is 1.20. The van der Waals surface area contributed by atoms with Gasteiger partial charge in [0.25, 0.3) is 5.78 Å². The molecule has 3 atom stereocenters. The monoisotopic (exact) mass is 226 g/mol. The van der Waals surface area contributed by atoms with Gasteiger partial charge in [-0.25, -0.2) is 4.79 Å². The molecule has 0 heterocycles. The molecule has 1 aliphatic carbocycles. The lowest BCUT2D eigenvalue weighted by atomic mass is 9.73. The Morgan fingerprint density at radius 1 is 1.38 bits per heavy atom. The van der Waals surface area contributed by atoms with E-state index in [1.54, 1.807) is 6.92 Å². The molecule has 0 bridgehead atoms. The summed E-state index contributed by atoms with van der Waals surface area (Å²) in [4.78, 5) is 34.7. The molecule has 1 aliphatic rings. The minimum atomic E-state index is -0.873. The molecule has 0 amide bonds. The number of ketones is 2. The Hall–Kier alpha value is -1.19. The molecular formula is C12H18O4. The lowest BCUT2D eigenvalue weighted by molar-refractivity contribution is -0.158. The molecule has 4 heteroatoms. The van der Waals surface area contributed by atoms with E-state index in [-0.39, 0.29) is 18.3 Å². The van der Waals surface area contributed by atoms with Gasteiger partial charge < -0.3 is 4.74 Å². The van der Waals surface area contributed by atoms with Gasteiger partial charge in [-0.1, -0.05) is 13.8 Å². The van der Waals surface area contributed by atoms with Gasteiger partial charge in [0.15, 0.2) is 0 Å². The van der Waals surface area contributed by atoms with Crippen molar-refractivity contribution >= 4 is 17.5 Å². The molecule has 0 aromatic heterocycles. The number of carbonyl (C=O) groups is 3. The predicted molar refractivity (Wildman–Crippen MR) is 57.7 cm³/mol. The molecule has 90 valence electrons. The molecule has 0 saturated heterocycles. The highest BCUT2D eigenvalue weighted by Crippen LogP contribution is 2.31. The molecule has 1 rings (SSSR count). The largest absolute Gasteiger partial charge is 0.460 e. The maximum atomic E-state index is 11.7. The van der Waals surface area contributed by atoms with Crippen LogP contribution >= 0.6 is 0 Å². The van der Waals surface area contributed by atoms with Crippen LogP contribution in [0.5, 0.6) is 0 Å². The molecule has 0 aliphatic heterocycles. The van der Waals surface area contributed by atoms with E-state index in [4.69, 9.17) is 0 Å². The van der Waals surface area contributed by atoms with E-state index in [0.717, 1.165) is 6.42 Å². The first-order valence-electron chi connectivity index (χ1n) is 5.71. The minimum absolute atomic E-state index is 0.0619. The topological polar surface area (TPSA) is 60.4 Å². The summed E-state index contributed by atoms with van der Waals surface area (Å²) in [5.41, 5.74) is 0. The number of hydrogen-bond acceptors (Lipinski definition) is 4. The summed E-state index contributed by atoms with van der Waals surface area (Å²) in [7, 11) is 0. The van der Waals surface area contributed by atoms with Gasteiger partial charge in [-0.15, -0.1) is 0 Å². The van der Waals surface area contributed by atoms with Crippen molar-refractivity contribution in [2.75, 3.05) is 6.61 Å². The normalized spacial score (nSPS) is 29.9. The lowest BCUT2D eigenvalue weighted by Crippen LogP contribution is -2.40. The van der Waals surface area contributed by atoms with Gasteiger partial charge >= 0.3 is 5.97 Å². The quantitative estimate of drug-likeness (QED) is 0.414. The van der Waals surface area contributed by atoms with Crippen molar-refractivity contribution in [1.29, 1.82) is 0 Å². The zero-order valence-electron chi connectivity index (χ0n) is 9.99. The van der Waals surface area contributed by atoms with Crippen LogP contribution < -0.4 is 0 Å². The van der Waals surface area contributed by atoms with Crippen LogP contribution in [0.4, 0.5) is 0 Å². The molecule has 0 aromatic rings. The van der Waals surface area contributed by atoms with E-state index in [9.17, 15) is 14.4 Å². The summed E-state index contributed by atoms with van der Waals surface area (Å²) in [6.45, 7) is 5.63. The van der Waals surface area contributed by atoms with Crippen molar-refractivity contribution in [1.82, 2.24) is 0 Å². The van der Waals surface area contributed by atoms with Crippen LogP contribution in [-0.2, 0) is 19.1 Å². The first-order chi connectivity index (χ1) is 7.47. The highest BCUT2D eigenvalue weighted by atomic mass is 16.5. The third-order valence-corrected chi connectivity index (χ3v) is 3.00. The van der Waals surface area contributed by atoms with Crippen LogP contribution in [0.3, 0.4) is 0 Å². The van der Waals surface area contributed by atoms with E-state index >= 15 is 0 Å². The van der Waals surface area contributed by atoms with Crippen LogP contribution in [-0.4, -0.2) is 24.1 Å². The smallest absolute Gasteiger partial charge is 0.375 e. The Bertz CT molecular complexity index is 308.